The first kappa shape index (κ1) is 13.3. The minimum absolute atomic E-state index is 0.0155. The largest absolute Gasteiger partial charge is 0.459 e. The smallest absolute Gasteiger partial charge is 0.134 e. The van der Waals surface area contributed by atoms with Gasteiger partial charge in [-0.15, -0.1) is 0 Å². The molecule has 0 spiro atoms. The van der Waals surface area contributed by atoms with E-state index in [2.05, 4.69) is 29.9 Å². The molecule has 1 atom stereocenters. The van der Waals surface area contributed by atoms with E-state index in [1.54, 1.807) is 17.4 Å². The Morgan fingerprint density at radius 1 is 1.30 bits per heavy atom. The van der Waals surface area contributed by atoms with Crippen molar-refractivity contribution in [3.8, 4) is 0 Å². The summed E-state index contributed by atoms with van der Waals surface area (Å²) in [5.41, 5.74) is 3.18. The van der Waals surface area contributed by atoms with E-state index in [0.29, 0.717) is 0 Å². The Kier molecular flexibility index (Phi) is 3.59. The first-order valence-corrected chi connectivity index (χ1v) is 7.58. The van der Waals surface area contributed by atoms with Crippen LogP contribution in [0.3, 0.4) is 0 Å². The van der Waals surface area contributed by atoms with Crippen LogP contribution in [0.15, 0.2) is 39.4 Å². The topological polar surface area (TPSA) is 25.2 Å². The monoisotopic (exact) mass is 289 g/mol. The van der Waals surface area contributed by atoms with Gasteiger partial charge >= 0.3 is 0 Å². The van der Waals surface area contributed by atoms with Crippen LogP contribution in [0.1, 0.15) is 29.9 Å². The summed E-state index contributed by atoms with van der Waals surface area (Å²) in [5, 5.41) is 8.50. The van der Waals surface area contributed by atoms with E-state index < -0.39 is 0 Å². The fourth-order valence-electron chi connectivity index (χ4n) is 2.41. The number of rotatable bonds is 4. The second-order valence-electron chi connectivity index (χ2n) is 4.83. The van der Waals surface area contributed by atoms with Gasteiger partial charge in [0.1, 0.15) is 17.2 Å². The molecule has 0 fully saturated rings. The Morgan fingerprint density at radius 3 is 2.85 bits per heavy atom. The maximum absolute atomic E-state index is 13.3. The van der Waals surface area contributed by atoms with Gasteiger partial charge in [-0.25, -0.2) is 4.39 Å². The number of hydrogen-bond donors (Lipinski definition) is 1. The maximum Gasteiger partial charge on any atom is 0.134 e. The van der Waals surface area contributed by atoms with E-state index in [1.807, 2.05) is 6.07 Å². The molecule has 0 aliphatic heterocycles. The van der Waals surface area contributed by atoms with Gasteiger partial charge in [-0.3, -0.25) is 0 Å². The highest BCUT2D eigenvalue weighted by Crippen LogP contribution is 2.31. The molecule has 1 unspecified atom stereocenters. The zero-order chi connectivity index (χ0) is 14.1. The predicted molar refractivity (Wildman–Crippen MR) is 80.7 cm³/mol. The van der Waals surface area contributed by atoms with Crippen LogP contribution in [-0.2, 0) is 0 Å². The number of thiophene rings is 1. The molecule has 1 N–H and O–H groups in total. The molecule has 4 heteroatoms. The first-order chi connectivity index (χ1) is 9.69. The third kappa shape index (κ3) is 2.37. The molecule has 1 aromatic carbocycles. The van der Waals surface area contributed by atoms with Crippen molar-refractivity contribution in [3.63, 3.8) is 0 Å². The summed E-state index contributed by atoms with van der Waals surface area (Å²) < 4.78 is 19.2. The Morgan fingerprint density at radius 2 is 2.15 bits per heavy atom. The maximum atomic E-state index is 13.3. The lowest BCUT2D eigenvalue weighted by Gasteiger charge is -2.15. The van der Waals surface area contributed by atoms with Gasteiger partial charge in [0, 0.05) is 5.39 Å². The van der Waals surface area contributed by atoms with E-state index in [0.717, 1.165) is 23.3 Å². The van der Waals surface area contributed by atoms with Gasteiger partial charge in [-0.1, -0.05) is 6.92 Å². The molecular weight excluding hydrogens is 273 g/mol. The third-order valence-corrected chi connectivity index (χ3v) is 4.28. The summed E-state index contributed by atoms with van der Waals surface area (Å²) in [5.74, 6) is 0.588. The molecule has 0 bridgehead atoms. The van der Waals surface area contributed by atoms with E-state index in [4.69, 9.17) is 4.42 Å². The van der Waals surface area contributed by atoms with Gasteiger partial charge < -0.3 is 9.73 Å². The van der Waals surface area contributed by atoms with Crippen LogP contribution in [0.5, 0.6) is 0 Å². The summed E-state index contributed by atoms with van der Waals surface area (Å²) >= 11 is 1.68. The summed E-state index contributed by atoms with van der Waals surface area (Å²) in [6, 6.07) is 6.54. The molecule has 3 aromatic rings. The number of fused-ring (bicyclic) bond motifs is 1. The Hall–Kier alpha value is -1.65. The first-order valence-electron chi connectivity index (χ1n) is 6.64. The highest BCUT2D eigenvalue weighted by Gasteiger charge is 2.20. The Balaban J connectivity index is 2.07. The van der Waals surface area contributed by atoms with Crippen molar-refractivity contribution in [2.45, 2.75) is 19.9 Å². The molecule has 0 saturated carbocycles. The van der Waals surface area contributed by atoms with E-state index in [1.165, 1.54) is 23.3 Å². The van der Waals surface area contributed by atoms with E-state index in [9.17, 15) is 4.39 Å². The number of halogens is 1. The zero-order valence-electron chi connectivity index (χ0n) is 11.4. The lowest BCUT2D eigenvalue weighted by molar-refractivity contribution is 0.476. The lowest BCUT2D eigenvalue weighted by Crippen LogP contribution is -2.21. The van der Waals surface area contributed by atoms with Crippen molar-refractivity contribution in [1.82, 2.24) is 5.32 Å². The van der Waals surface area contributed by atoms with Gasteiger partial charge in [0.05, 0.1) is 6.04 Å². The van der Waals surface area contributed by atoms with Crippen LogP contribution < -0.4 is 5.32 Å². The van der Waals surface area contributed by atoms with E-state index >= 15 is 0 Å². The van der Waals surface area contributed by atoms with Crippen LogP contribution in [0.25, 0.3) is 11.0 Å². The van der Waals surface area contributed by atoms with Crippen LogP contribution in [0.2, 0.25) is 0 Å². The van der Waals surface area contributed by atoms with Crippen LogP contribution in [0, 0.1) is 12.7 Å². The standard InChI is InChI=1S/C16H16FNOS/c1-3-18-16(13-9-20-8-10(13)2)15-7-11-6-12(17)4-5-14(11)19-15/h4-9,16,18H,3H2,1-2H3. The third-order valence-electron chi connectivity index (χ3n) is 3.40. The molecule has 2 heterocycles. The highest BCUT2D eigenvalue weighted by molar-refractivity contribution is 7.08. The predicted octanol–water partition coefficient (Wildman–Crippen LogP) is 4.64. The second-order valence-corrected chi connectivity index (χ2v) is 5.58. The molecule has 3 rings (SSSR count). The van der Waals surface area contributed by atoms with Crippen molar-refractivity contribution in [3.05, 3.63) is 57.7 Å². The molecule has 0 amide bonds. The second kappa shape index (κ2) is 5.38. The van der Waals surface area contributed by atoms with Gasteiger partial charge in [-0.2, -0.15) is 11.3 Å². The van der Waals surface area contributed by atoms with Crippen molar-refractivity contribution in [2.24, 2.45) is 0 Å². The fourth-order valence-corrected chi connectivity index (χ4v) is 3.29. The molecule has 0 radical (unpaired) electrons. The molecular formula is C16H16FNOS. The fraction of sp³-hybridized carbons (Fsp3) is 0.250. The van der Waals surface area contributed by atoms with Crippen molar-refractivity contribution >= 4 is 22.3 Å². The van der Waals surface area contributed by atoms with Crippen LogP contribution in [-0.4, -0.2) is 6.54 Å². The molecule has 20 heavy (non-hydrogen) atoms. The van der Waals surface area contributed by atoms with Crippen molar-refractivity contribution < 1.29 is 8.81 Å². The molecule has 2 nitrogen and oxygen atoms in total. The van der Waals surface area contributed by atoms with E-state index in [-0.39, 0.29) is 11.9 Å². The normalized spacial score (nSPS) is 12.9. The SMILES string of the molecule is CCNC(c1cc2cc(F)ccc2o1)c1cscc1C. The number of benzene rings is 1. The van der Waals surface area contributed by atoms with Gasteiger partial charge in [-0.05, 0) is 59.6 Å². The van der Waals surface area contributed by atoms with Gasteiger partial charge in [0.15, 0.2) is 0 Å². The Labute approximate surface area is 121 Å². The minimum atomic E-state index is -0.239. The number of furan rings is 1. The Bertz CT molecular complexity index is 731. The molecule has 2 aromatic heterocycles. The molecule has 0 aliphatic carbocycles. The summed E-state index contributed by atoms with van der Waals surface area (Å²) in [4.78, 5) is 0. The van der Waals surface area contributed by atoms with Gasteiger partial charge in [0.25, 0.3) is 0 Å². The van der Waals surface area contributed by atoms with Crippen LogP contribution >= 0.6 is 11.3 Å². The summed E-state index contributed by atoms with van der Waals surface area (Å²) in [6.45, 7) is 5.00. The van der Waals surface area contributed by atoms with Crippen molar-refractivity contribution in [1.29, 1.82) is 0 Å². The minimum Gasteiger partial charge on any atom is -0.459 e. The summed E-state index contributed by atoms with van der Waals surface area (Å²) in [6.07, 6.45) is 0. The average molecular weight is 289 g/mol. The number of nitrogens with one attached hydrogen (secondary N) is 1. The van der Waals surface area contributed by atoms with Gasteiger partial charge in [0.2, 0.25) is 0 Å². The average Bonchev–Trinajstić information content (AvgIpc) is 3.01. The quantitative estimate of drug-likeness (QED) is 0.757. The van der Waals surface area contributed by atoms with Crippen molar-refractivity contribution in [2.75, 3.05) is 6.54 Å². The lowest BCUT2D eigenvalue weighted by atomic mass is 10.0. The summed E-state index contributed by atoms with van der Waals surface area (Å²) in [7, 11) is 0. The van der Waals surface area contributed by atoms with Crippen LogP contribution in [0.4, 0.5) is 4.39 Å². The molecule has 0 aliphatic rings. The molecule has 104 valence electrons. The molecule has 0 saturated heterocycles. The number of aryl methyl sites for hydroxylation is 1. The zero-order valence-corrected chi connectivity index (χ0v) is 12.3. The number of hydrogen-bond acceptors (Lipinski definition) is 3. The highest BCUT2D eigenvalue weighted by atomic mass is 32.1.